The number of methoxy groups -OCH3 is 1. The summed E-state index contributed by atoms with van der Waals surface area (Å²) in [5, 5.41) is 18.9. The van der Waals surface area contributed by atoms with E-state index in [0.717, 1.165) is 0 Å². The van der Waals surface area contributed by atoms with Gasteiger partial charge in [0.25, 0.3) is 0 Å². The Hall–Kier alpha value is -1.26. The highest BCUT2D eigenvalue weighted by Crippen LogP contribution is 2.29. The highest BCUT2D eigenvalue weighted by atomic mass is 16.5. The van der Waals surface area contributed by atoms with E-state index in [2.05, 4.69) is 0 Å². The molecule has 0 saturated heterocycles. The SMILES string of the molecule is CC[C@H](O)[C@H](N)c1ccc(O)cc1OC. The molecule has 0 aliphatic carbocycles. The summed E-state index contributed by atoms with van der Waals surface area (Å²) in [5.74, 6) is 0.615. The van der Waals surface area contributed by atoms with E-state index >= 15 is 0 Å². The Morgan fingerprint density at radius 2 is 2.13 bits per heavy atom. The van der Waals surface area contributed by atoms with Gasteiger partial charge in [-0.3, -0.25) is 0 Å². The molecular formula is C11H17NO3. The van der Waals surface area contributed by atoms with Crippen molar-refractivity contribution in [2.24, 2.45) is 5.73 Å². The van der Waals surface area contributed by atoms with Crippen molar-refractivity contribution >= 4 is 0 Å². The Morgan fingerprint density at radius 1 is 1.47 bits per heavy atom. The van der Waals surface area contributed by atoms with Crippen molar-refractivity contribution in [1.82, 2.24) is 0 Å². The zero-order valence-electron chi connectivity index (χ0n) is 8.97. The van der Waals surface area contributed by atoms with Crippen LogP contribution in [0.25, 0.3) is 0 Å². The lowest BCUT2D eigenvalue weighted by atomic mass is 9.99. The zero-order valence-corrected chi connectivity index (χ0v) is 8.97. The molecule has 0 aliphatic rings. The first-order chi connectivity index (χ1) is 7.10. The second-order valence-electron chi connectivity index (χ2n) is 3.43. The Labute approximate surface area is 89.3 Å². The van der Waals surface area contributed by atoms with Gasteiger partial charge in [0.05, 0.1) is 19.3 Å². The van der Waals surface area contributed by atoms with E-state index in [0.29, 0.717) is 17.7 Å². The zero-order chi connectivity index (χ0) is 11.4. The van der Waals surface area contributed by atoms with Crippen LogP contribution in [0.15, 0.2) is 18.2 Å². The minimum absolute atomic E-state index is 0.119. The van der Waals surface area contributed by atoms with Gasteiger partial charge >= 0.3 is 0 Å². The van der Waals surface area contributed by atoms with Crippen LogP contribution in [0.4, 0.5) is 0 Å². The number of nitrogens with two attached hydrogens (primary N) is 1. The summed E-state index contributed by atoms with van der Waals surface area (Å²) in [6, 6.07) is 4.18. The van der Waals surface area contributed by atoms with Crippen LogP contribution in [0.1, 0.15) is 24.9 Å². The van der Waals surface area contributed by atoms with Gasteiger partial charge in [0.15, 0.2) is 0 Å². The summed E-state index contributed by atoms with van der Waals surface area (Å²) < 4.78 is 5.09. The molecule has 4 heteroatoms. The molecule has 4 N–H and O–H groups in total. The van der Waals surface area contributed by atoms with Crippen molar-refractivity contribution in [3.8, 4) is 11.5 Å². The summed E-state index contributed by atoms with van der Waals surface area (Å²) in [6.07, 6.45) is -0.0333. The lowest BCUT2D eigenvalue weighted by Gasteiger charge is -2.20. The predicted octanol–water partition coefficient (Wildman–Crippen LogP) is 1.17. The summed E-state index contributed by atoms with van der Waals surface area (Å²) in [5.41, 5.74) is 6.56. The molecule has 0 spiro atoms. The molecule has 0 amide bonds. The van der Waals surface area contributed by atoms with Crippen molar-refractivity contribution < 1.29 is 14.9 Å². The molecule has 0 unspecified atom stereocenters. The third kappa shape index (κ3) is 2.61. The second kappa shape index (κ2) is 5.00. The molecule has 1 aromatic rings. The van der Waals surface area contributed by atoms with Crippen LogP contribution in [0.3, 0.4) is 0 Å². The lowest BCUT2D eigenvalue weighted by Crippen LogP contribution is -2.25. The Bertz CT molecular complexity index is 328. The number of benzene rings is 1. The Balaban J connectivity index is 3.02. The predicted molar refractivity (Wildman–Crippen MR) is 57.9 cm³/mol. The molecular weight excluding hydrogens is 194 g/mol. The largest absolute Gasteiger partial charge is 0.508 e. The highest BCUT2D eigenvalue weighted by molar-refractivity contribution is 5.42. The minimum Gasteiger partial charge on any atom is -0.508 e. The number of hydrogen-bond donors (Lipinski definition) is 3. The number of rotatable bonds is 4. The van der Waals surface area contributed by atoms with Gasteiger partial charge in [0.2, 0.25) is 0 Å². The monoisotopic (exact) mass is 211 g/mol. The number of hydrogen-bond acceptors (Lipinski definition) is 4. The van der Waals surface area contributed by atoms with Crippen LogP contribution in [0, 0.1) is 0 Å². The van der Waals surface area contributed by atoms with Crippen LogP contribution >= 0.6 is 0 Å². The van der Waals surface area contributed by atoms with Gasteiger partial charge in [0.1, 0.15) is 11.5 Å². The van der Waals surface area contributed by atoms with Crippen LogP contribution in [-0.4, -0.2) is 23.4 Å². The van der Waals surface area contributed by atoms with Crippen LogP contribution < -0.4 is 10.5 Å². The summed E-state index contributed by atoms with van der Waals surface area (Å²) in [7, 11) is 1.50. The lowest BCUT2D eigenvalue weighted by molar-refractivity contribution is 0.139. The number of phenols is 1. The molecule has 1 rings (SSSR count). The average molecular weight is 211 g/mol. The van der Waals surface area contributed by atoms with E-state index in [1.807, 2.05) is 6.92 Å². The molecule has 0 radical (unpaired) electrons. The molecule has 0 fully saturated rings. The van der Waals surface area contributed by atoms with Gasteiger partial charge in [-0.25, -0.2) is 0 Å². The second-order valence-corrected chi connectivity index (χ2v) is 3.43. The van der Waals surface area contributed by atoms with Gasteiger partial charge in [-0.15, -0.1) is 0 Å². The van der Waals surface area contributed by atoms with Crippen molar-refractivity contribution in [2.45, 2.75) is 25.5 Å². The number of aliphatic hydroxyl groups excluding tert-OH is 1. The fraction of sp³-hybridized carbons (Fsp3) is 0.455. The topological polar surface area (TPSA) is 75.7 Å². The Kier molecular flexibility index (Phi) is 3.94. The quantitative estimate of drug-likeness (QED) is 0.698. The summed E-state index contributed by atoms with van der Waals surface area (Å²) in [4.78, 5) is 0. The number of ether oxygens (including phenoxy) is 1. The smallest absolute Gasteiger partial charge is 0.127 e. The first kappa shape index (κ1) is 11.8. The summed E-state index contributed by atoms with van der Waals surface area (Å²) >= 11 is 0. The third-order valence-electron chi connectivity index (χ3n) is 2.41. The molecule has 0 saturated carbocycles. The maximum atomic E-state index is 9.63. The molecule has 15 heavy (non-hydrogen) atoms. The van der Waals surface area contributed by atoms with Gasteiger partial charge in [-0.1, -0.05) is 6.92 Å². The first-order valence-electron chi connectivity index (χ1n) is 4.90. The normalized spacial score (nSPS) is 14.7. The molecule has 1 aromatic carbocycles. The van der Waals surface area contributed by atoms with Gasteiger partial charge in [-0.05, 0) is 18.6 Å². The van der Waals surface area contributed by atoms with E-state index in [-0.39, 0.29) is 5.75 Å². The van der Waals surface area contributed by atoms with Gasteiger partial charge in [-0.2, -0.15) is 0 Å². The molecule has 0 aromatic heterocycles. The van der Waals surface area contributed by atoms with Crippen molar-refractivity contribution in [3.05, 3.63) is 23.8 Å². The van der Waals surface area contributed by atoms with Crippen molar-refractivity contribution in [3.63, 3.8) is 0 Å². The fourth-order valence-electron chi connectivity index (χ4n) is 1.44. The highest BCUT2D eigenvalue weighted by Gasteiger charge is 2.18. The van der Waals surface area contributed by atoms with Crippen molar-refractivity contribution in [1.29, 1.82) is 0 Å². The molecule has 0 heterocycles. The van der Waals surface area contributed by atoms with Gasteiger partial charge in [0, 0.05) is 11.6 Å². The minimum atomic E-state index is -0.608. The summed E-state index contributed by atoms with van der Waals surface area (Å²) in [6.45, 7) is 1.86. The van der Waals surface area contributed by atoms with E-state index in [1.54, 1.807) is 6.07 Å². The van der Waals surface area contributed by atoms with Crippen LogP contribution in [0.2, 0.25) is 0 Å². The van der Waals surface area contributed by atoms with E-state index in [9.17, 15) is 10.2 Å². The van der Waals surface area contributed by atoms with E-state index in [4.69, 9.17) is 10.5 Å². The van der Waals surface area contributed by atoms with E-state index in [1.165, 1.54) is 19.2 Å². The fourth-order valence-corrected chi connectivity index (χ4v) is 1.44. The molecule has 2 atom stereocenters. The first-order valence-corrected chi connectivity index (χ1v) is 4.90. The number of aromatic hydroxyl groups is 1. The number of phenolic OH excluding ortho intramolecular Hbond substituents is 1. The molecule has 84 valence electrons. The van der Waals surface area contributed by atoms with Crippen molar-refractivity contribution in [2.75, 3.05) is 7.11 Å². The molecule has 0 aliphatic heterocycles. The molecule has 4 nitrogen and oxygen atoms in total. The Morgan fingerprint density at radius 3 is 2.67 bits per heavy atom. The maximum Gasteiger partial charge on any atom is 0.127 e. The van der Waals surface area contributed by atoms with Gasteiger partial charge < -0.3 is 20.7 Å². The maximum absolute atomic E-state index is 9.63. The average Bonchev–Trinajstić information content (AvgIpc) is 2.26. The van der Waals surface area contributed by atoms with Crippen LogP contribution in [0.5, 0.6) is 11.5 Å². The van der Waals surface area contributed by atoms with Crippen LogP contribution in [-0.2, 0) is 0 Å². The molecule has 0 bridgehead atoms. The van der Waals surface area contributed by atoms with E-state index < -0.39 is 12.1 Å². The standard InChI is InChI=1S/C11H17NO3/c1-3-9(14)11(12)8-5-4-7(13)6-10(8)15-2/h4-6,9,11,13-14H,3,12H2,1-2H3/t9-,11+/m0/s1. The third-order valence-corrected chi connectivity index (χ3v) is 2.41. The number of aliphatic hydroxyl groups is 1.